The Labute approximate surface area is 137 Å². The van der Waals surface area contributed by atoms with Crippen molar-refractivity contribution >= 4 is 23.2 Å². The Morgan fingerprint density at radius 3 is 2.55 bits per heavy atom. The van der Waals surface area contributed by atoms with Gasteiger partial charge in [0.1, 0.15) is 0 Å². The van der Waals surface area contributed by atoms with Crippen LogP contribution in [0.3, 0.4) is 0 Å². The summed E-state index contributed by atoms with van der Waals surface area (Å²) in [5.41, 5.74) is 0. The molecule has 0 saturated heterocycles. The van der Waals surface area contributed by atoms with Gasteiger partial charge in [-0.3, -0.25) is 4.79 Å². The number of carbonyl (C=O) groups excluding carboxylic acids is 1. The molecule has 0 aliphatic rings. The lowest BCUT2D eigenvalue weighted by Crippen LogP contribution is -2.45. The molecule has 0 aliphatic heterocycles. The van der Waals surface area contributed by atoms with E-state index in [1.807, 2.05) is 50.7 Å². The Bertz CT molecular complexity index is 496. The fourth-order valence-corrected chi connectivity index (χ4v) is 2.77. The molecule has 0 radical (unpaired) electrons. The lowest BCUT2D eigenvalue weighted by Gasteiger charge is -2.25. The average Bonchev–Trinajstić information content (AvgIpc) is 2.90. The van der Waals surface area contributed by atoms with Gasteiger partial charge in [0.2, 0.25) is 5.91 Å². The quantitative estimate of drug-likeness (QED) is 0.612. The number of carbonyl (C=O) groups is 1. The number of nitrogens with one attached hydrogen (secondary N) is 1. The van der Waals surface area contributed by atoms with E-state index in [0.29, 0.717) is 13.1 Å². The third-order valence-corrected chi connectivity index (χ3v) is 4.14. The molecule has 6 nitrogen and oxygen atoms in total. The number of rotatable bonds is 7. The highest BCUT2D eigenvalue weighted by atomic mass is 32.1. The predicted molar refractivity (Wildman–Crippen MR) is 92.2 cm³/mol. The average molecular weight is 325 g/mol. The van der Waals surface area contributed by atoms with Crippen LogP contribution >= 0.6 is 11.3 Å². The molecular weight excluding hydrogens is 298 g/mol. The van der Waals surface area contributed by atoms with Gasteiger partial charge in [-0.15, -0.1) is 11.3 Å². The van der Waals surface area contributed by atoms with Crippen molar-refractivity contribution in [3.8, 4) is 0 Å². The maximum Gasteiger partial charge on any atom is 0.242 e. The van der Waals surface area contributed by atoms with Crippen molar-refractivity contribution in [2.75, 3.05) is 33.2 Å². The summed E-state index contributed by atoms with van der Waals surface area (Å²) in [6, 6.07) is 0. The minimum atomic E-state index is 0.117. The second kappa shape index (κ2) is 9.40. The first-order valence-electron chi connectivity index (χ1n) is 7.70. The number of aromatic nitrogens is 1. The van der Waals surface area contributed by atoms with Crippen molar-refractivity contribution < 1.29 is 4.79 Å². The summed E-state index contributed by atoms with van der Waals surface area (Å²) < 4.78 is 0. The van der Waals surface area contributed by atoms with Crippen molar-refractivity contribution in [2.24, 2.45) is 4.99 Å². The number of nitrogens with zero attached hydrogens (tertiary/aromatic N) is 4. The smallest absolute Gasteiger partial charge is 0.242 e. The van der Waals surface area contributed by atoms with E-state index in [9.17, 15) is 4.79 Å². The van der Waals surface area contributed by atoms with E-state index in [1.165, 1.54) is 0 Å². The molecule has 0 atom stereocenters. The molecule has 1 aromatic rings. The highest BCUT2D eigenvalue weighted by Crippen LogP contribution is 2.12. The van der Waals surface area contributed by atoms with Gasteiger partial charge in [-0.2, -0.15) is 0 Å². The molecule has 7 heteroatoms. The number of aliphatic imine (C=N–C) groups is 1. The van der Waals surface area contributed by atoms with Gasteiger partial charge in [0, 0.05) is 37.8 Å². The first-order chi connectivity index (χ1) is 10.5. The maximum atomic E-state index is 12.2. The predicted octanol–water partition coefficient (Wildman–Crippen LogP) is 1.72. The second-order valence-corrected chi connectivity index (χ2v) is 6.26. The van der Waals surface area contributed by atoms with Gasteiger partial charge >= 0.3 is 0 Å². The number of amides is 1. The largest absolute Gasteiger partial charge is 0.357 e. The van der Waals surface area contributed by atoms with Crippen LogP contribution in [-0.2, 0) is 11.3 Å². The standard InChI is InChI=1S/C15H27N5OS/c1-6-16-15(18-10-13-9-17-12(4)22-13)19(5)11-14(21)20(7-2)8-3/h9H,6-8,10-11H2,1-5H3,(H,16,18). The maximum absolute atomic E-state index is 12.2. The number of likely N-dealkylation sites (N-methyl/N-ethyl adjacent to an activating group) is 2. The Morgan fingerprint density at radius 2 is 2.05 bits per heavy atom. The molecule has 0 aliphatic carbocycles. The van der Waals surface area contributed by atoms with Crippen LogP contribution in [0.2, 0.25) is 0 Å². The summed E-state index contributed by atoms with van der Waals surface area (Å²) in [7, 11) is 1.89. The monoisotopic (exact) mass is 325 g/mol. The molecule has 1 N–H and O–H groups in total. The highest BCUT2D eigenvalue weighted by Gasteiger charge is 2.15. The first kappa shape index (κ1) is 18.4. The zero-order valence-corrected chi connectivity index (χ0v) is 15.0. The Kier molecular flexibility index (Phi) is 7.87. The number of hydrogen-bond acceptors (Lipinski definition) is 4. The third-order valence-electron chi connectivity index (χ3n) is 3.24. The Morgan fingerprint density at radius 1 is 1.36 bits per heavy atom. The molecule has 124 valence electrons. The van der Waals surface area contributed by atoms with Crippen LogP contribution in [0.15, 0.2) is 11.2 Å². The second-order valence-electron chi connectivity index (χ2n) is 4.94. The summed E-state index contributed by atoms with van der Waals surface area (Å²) in [4.78, 5) is 25.8. The van der Waals surface area contributed by atoms with E-state index in [0.717, 1.165) is 35.5 Å². The van der Waals surface area contributed by atoms with Gasteiger partial charge < -0.3 is 15.1 Å². The van der Waals surface area contributed by atoms with Crippen molar-refractivity contribution in [1.82, 2.24) is 20.1 Å². The van der Waals surface area contributed by atoms with E-state index in [4.69, 9.17) is 0 Å². The normalized spacial score (nSPS) is 11.4. The molecule has 1 rings (SSSR count). The molecule has 1 heterocycles. The van der Waals surface area contributed by atoms with Crippen LogP contribution in [-0.4, -0.2) is 59.9 Å². The van der Waals surface area contributed by atoms with Crippen molar-refractivity contribution in [2.45, 2.75) is 34.2 Å². The Balaban J connectivity index is 2.69. The summed E-state index contributed by atoms with van der Waals surface area (Å²) in [6.45, 7) is 11.1. The molecule has 1 amide bonds. The molecule has 0 unspecified atom stereocenters. The van der Waals surface area contributed by atoms with Gasteiger partial charge in [0.05, 0.1) is 18.1 Å². The van der Waals surface area contributed by atoms with E-state index in [2.05, 4.69) is 15.3 Å². The van der Waals surface area contributed by atoms with Crippen LogP contribution in [0, 0.1) is 6.92 Å². The lowest BCUT2D eigenvalue weighted by molar-refractivity contribution is -0.131. The van der Waals surface area contributed by atoms with E-state index >= 15 is 0 Å². The zero-order valence-electron chi connectivity index (χ0n) is 14.2. The first-order valence-corrected chi connectivity index (χ1v) is 8.51. The number of hydrogen-bond donors (Lipinski definition) is 1. The molecule has 1 aromatic heterocycles. The minimum absolute atomic E-state index is 0.117. The van der Waals surface area contributed by atoms with Crippen LogP contribution in [0.4, 0.5) is 0 Å². The van der Waals surface area contributed by atoms with Gasteiger partial charge in [0.15, 0.2) is 5.96 Å². The zero-order chi connectivity index (χ0) is 16.5. The van der Waals surface area contributed by atoms with E-state index in [-0.39, 0.29) is 5.91 Å². The number of guanidine groups is 1. The molecule has 0 saturated carbocycles. The number of thiazole rings is 1. The molecule has 22 heavy (non-hydrogen) atoms. The van der Waals surface area contributed by atoms with Gasteiger partial charge in [-0.1, -0.05) is 0 Å². The van der Waals surface area contributed by atoms with Crippen molar-refractivity contribution in [1.29, 1.82) is 0 Å². The summed E-state index contributed by atoms with van der Waals surface area (Å²) in [6.07, 6.45) is 1.86. The van der Waals surface area contributed by atoms with Gasteiger partial charge in [-0.05, 0) is 27.7 Å². The summed E-state index contributed by atoms with van der Waals surface area (Å²) >= 11 is 1.65. The van der Waals surface area contributed by atoms with Crippen LogP contribution < -0.4 is 5.32 Å². The third kappa shape index (κ3) is 5.63. The Hall–Kier alpha value is -1.63. The highest BCUT2D eigenvalue weighted by molar-refractivity contribution is 7.11. The lowest BCUT2D eigenvalue weighted by atomic mass is 10.4. The molecular formula is C15H27N5OS. The summed E-state index contributed by atoms with van der Waals surface area (Å²) in [5, 5.41) is 4.27. The topological polar surface area (TPSA) is 60.8 Å². The van der Waals surface area contributed by atoms with Gasteiger partial charge in [-0.25, -0.2) is 9.98 Å². The SMILES string of the molecule is CCNC(=NCc1cnc(C)s1)N(C)CC(=O)N(CC)CC. The van der Waals surface area contributed by atoms with Crippen LogP contribution in [0.5, 0.6) is 0 Å². The van der Waals surface area contributed by atoms with E-state index in [1.54, 1.807) is 11.3 Å². The van der Waals surface area contributed by atoms with Crippen molar-refractivity contribution in [3.05, 3.63) is 16.1 Å². The van der Waals surface area contributed by atoms with Crippen LogP contribution in [0.1, 0.15) is 30.7 Å². The molecule has 0 fully saturated rings. The van der Waals surface area contributed by atoms with Crippen molar-refractivity contribution in [3.63, 3.8) is 0 Å². The van der Waals surface area contributed by atoms with E-state index < -0.39 is 0 Å². The number of aryl methyl sites for hydroxylation is 1. The fraction of sp³-hybridized carbons (Fsp3) is 0.667. The molecule has 0 bridgehead atoms. The molecule has 0 aromatic carbocycles. The van der Waals surface area contributed by atoms with Crippen LogP contribution in [0.25, 0.3) is 0 Å². The van der Waals surface area contributed by atoms with Gasteiger partial charge in [0.25, 0.3) is 0 Å². The summed E-state index contributed by atoms with van der Waals surface area (Å²) in [5.74, 6) is 0.862. The minimum Gasteiger partial charge on any atom is -0.357 e. The fourth-order valence-electron chi connectivity index (χ4n) is 2.05. The molecule has 0 spiro atoms.